The van der Waals surface area contributed by atoms with Gasteiger partial charge in [0.2, 0.25) is 0 Å². The summed E-state index contributed by atoms with van der Waals surface area (Å²) < 4.78 is 0. The minimum absolute atomic E-state index is 0.300. The number of fused-ring (bicyclic) bond motifs is 2. The zero-order valence-corrected chi connectivity index (χ0v) is 17.7. The maximum absolute atomic E-state index is 12.4. The van der Waals surface area contributed by atoms with Gasteiger partial charge in [-0.2, -0.15) is 0 Å². The van der Waals surface area contributed by atoms with Gasteiger partial charge in [-0.3, -0.25) is 19.8 Å². The van der Waals surface area contributed by atoms with Crippen molar-refractivity contribution in [2.24, 2.45) is 0 Å². The Hall–Kier alpha value is -3.24. The maximum atomic E-state index is 12.4. The largest absolute Gasteiger partial charge is 0.295 e. The van der Waals surface area contributed by atoms with Crippen LogP contribution in [-0.4, -0.2) is 29.3 Å². The number of nitrogens with one attached hydrogen (secondary N) is 1. The third-order valence-corrected chi connectivity index (χ3v) is 6.45. The normalized spacial score (nSPS) is 17.0. The molecule has 0 spiro atoms. The van der Waals surface area contributed by atoms with Crippen LogP contribution in [0.4, 0.5) is 0 Å². The molecule has 2 aliphatic rings. The highest BCUT2D eigenvalue weighted by molar-refractivity contribution is 6.24. The van der Waals surface area contributed by atoms with Crippen molar-refractivity contribution in [3.05, 3.63) is 94.5 Å². The van der Waals surface area contributed by atoms with Crippen LogP contribution in [0.1, 0.15) is 50.8 Å². The van der Waals surface area contributed by atoms with E-state index in [-0.39, 0.29) is 11.8 Å². The van der Waals surface area contributed by atoms with Crippen molar-refractivity contribution >= 4 is 11.8 Å². The number of nitrogens with zero attached hydrogens (tertiary/aromatic N) is 1. The number of rotatable bonds is 6. The summed E-state index contributed by atoms with van der Waals surface area (Å²) in [7, 11) is 0. The molecule has 3 aromatic rings. The summed E-state index contributed by atoms with van der Waals surface area (Å²) in [5.74, 6) is -0.606. The fourth-order valence-corrected chi connectivity index (χ4v) is 4.98. The van der Waals surface area contributed by atoms with Gasteiger partial charge in [0.05, 0.1) is 11.1 Å². The molecule has 4 heteroatoms. The van der Waals surface area contributed by atoms with Crippen LogP contribution < -0.4 is 5.32 Å². The van der Waals surface area contributed by atoms with Crippen LogP contribution in [-0.2, 0) is 19.4 Å². The fourth-order valence-electron chi connectivity index (χ4n) is 4.98. The lowest BCUT2D eigenvalue weighted by Crippen LogP contribution is -2.36. The summed E-state index contributed by atoms with van der Waals surface area (Å²) >= 11 is 0. The van der Waals surface area contributed by atoms with Gasteiger partial charge in [-0.05, 0) is 59.7 Å². The molecule has 1 unspecified atom stereocenters. The molecule has 0 radical (unpaired) electrons. The van der Waals surface area contributed by atoms with Gasteiger partial charge in [0, 0.05) is 12.6 Å². The van der Waals surface area contributed by atoms with Crippen molar-refractivity contribution in [2.75, 3.05) is 6.54 Å². The lowest BCUT2D eigenvalue weighted by molar-refractivity contribution is 0.0880. The lowest BCUT2D eigenvalue weighted by Gasteiger charge is -2.28. The SMILES string of the molecule is CCCN(Cc1ccccc1)C1Cc2ccc(-c3cccc4c3C(=O)NC4=O)cc2C1. The van der Waals surface area contributed by atoms with Crippen LogP contribution in [0.25, 0.3) is 11.1 Å². The predicted octanol–water partition coefficient (Wildman–Crippen LogP) is 4.62. The van der Waals surface area contributed by atoms with Gasteiger partial charge in [-0.25, -0.2) is 0 Å². The Kier molecular flexibility index (Phi) is 5.16. The van der Waals surface area contributed by atoms with Crippen LogP contribution in [0.15, 0.2) is 66.7 Å². The highest BCUT2D eigenvalue weighted by Crippen LogP contribution is 2.34. The number of benzene rings is 3. The molecule has 3 aromatic carbocycles. The Bertz CT molecular complexity index is 1150. The van der Waals surface area contributed by atoms with E-state index in [0.29, 0.717) is 17.2 Å². The molecule has 0 fully saturated rings. The molecular formula is C27H26N2O2. The fraction of sp³-hybridized carbons (Fsp3) is 0.259. The zero-order valence-electron chi connectivity index (χ0n) is 17.7. The van der Waals surface area contributed by atoms with Crippen molar-refractivity contribution in [3.63, 3.8) is 0 Å². The van der Waals surface area contributed by atoms with E-state index in [2.05, 4.69) is 65.7 Å². The molecule has 1 heterocycles. The van der Waals surface area contributed by atoms with E-state index in [1.165, 1.54) is 16.7 Å². The third kappa shape index (κ3) is 3.68. The summed E-state index contributed by atoms with van der Waals surface area (Å²) in [5.41, 5.74) is 6.89. The first kappa shape index (κ1) is 19.7. The number of carbonyl (C=O) groups is 2. The average Bonchev–Trinajstić information content (AvgIpc) is 3.34. The first-order valence-corrected chi connectivity index (χ1v) is 11.0. The summed E-state index contributed by atoms with van der Waals surface area (Å²) in [4.78, 5) is 27.0. The highest BCUT2D eigenvalue weighted by atomic mass is 16.2. The molecule has 0 saturated heterocycles. The van der Waals surface area contributed by atoms with Gasteiger partial charge in [-0.15, -0.1) is 0 Å². The van der Waals surface area contributed by atoms with Gasteiger partial charge in [0.1, 0.15) is 0 Å². The first-order chi connectivity index (χ1) is 15.1. The van der Waals surface area contributed by atoms with Crippen molar-refractivity contribution < 1.29 is 9.59 Å². The van der Waals surface area contributed by atoms with E-state index >= 15 is 0 Å². The Morgan fingerprint density at radius 2 is 1.65 bits per heavy atom. The topological polar surface area (TPSA) is 49.4 Å². The van der Waals surface area contributed by atoms with Crippen molar-refractivity contribution in [1.82, 2.24) is 10.2 Å². The van der Waals surface area contributed by atoms with Gasteiger partial charge in [0.15, 0.2) is 0 Å². The molecule has 1 N–H and O–H groups in total. The summed E-state index contributed by atoms with van der Waals surface area (Å²) in [6.45, 7) is 4.28. The molecule has 1 aliphatic carbocycles. The number of amides is 2. The lowest BCUT2D eigenvalue weighted by atomic mass is 9.94. The molecule has 5 rings (SSSR count). The summed E-state index contributed by atoms with van der Waals surface area (Å²) in [5, 5.41) is 2.42. The Labute approximate surface area is 182 Å². The molecule has 31 heavy (non-hydrogen) atoms. The van der Waals surface area contributed by atoms with Crippen molar-refractivity contribution in [3.8, 4) is 11.1 Å². The second-order valence-corrected chi connectivity index (χ2v) is 8.51. The quantitative estimate of drug-likeness (QED) is 0.604. The predicted molar refractivity (Wildman–Crippen MR) is 122 cm³/mol. The van der Waals surface area contributed by atoms with Crippen LogP contribution in [0, 0.1) is 0 Å². The van der Waals surface area contributed by atoms with Crippen LogP contribution in [0.3, 0.4) is 0 Å². The van der Waals surface area contributed by atoms with E-state index in [1.807, 2.05) is 12.1 Å². The number of hydrogen-bond donors (Lipinski definition) is 1. The molecule has 2 amide bonds. The monoisotopic (exact) mass is 410 g/mol. The van der Waals surface area contributed by atoms with Crippen LogP contribution in [0.2, 0.25) is 0 Å². The second kappa shape index (κ2) is 8.12. The van der Waals surface area contributed by atoms with Gasteiger partial charge >= 0.3 is 0 Å². The van der Waals surface area contributed by atoms with Gasteiger partial charge in [-0.1, -0.05) is 67.6 Å². The van der Waals surface area contributed by atoms with Crippen LogP contribution in [0.5, 0.6) is 0 Å². The standard InChI is InChI=1S/C27H26N2O2/c1-2-13-29(17-18-7-4-3-5-8-18)22-15-19-11-12-20(14-21(19)16-22)23-9-6-10-24-25(23)27(31)28-26(24)30/h3-12,14,22H,2,13,15-17H2,1H3,(H,28,30,31). The van der Waals surface area contributed by atoms with Gasteiger partial charge in [0.25, 0.3) is 11.8 Å². The van der Waals surface area contributed by atoms with Crippen molar-refractivity contribution in [1.29, 1.82) is 0 Å². The number of hydrogen-bond acceptors (Lipinski definition) is 3. The van der Waals surface area contributed by atoms with E-state index in [4.69, 9.17) is 0 Å². The smallest absolute Gasteiger partial charge is 0.259 e. The van der Waals surface area contributed by atoms with E-state index in [9.17, 15) is 9.59 Å². The summed E-state index contributed by atoms with van der Waals surface area (Å²) in [6.07, 6.45) is 3.19. The third-order valence-electron chi connectivity index (χ3n) is 6.45. The Morgan fingerprint density at radius 1 is 0.871 bits per heavy atom. The molecular weight excluding hydrogens is 384 g/mol. The minimum atomic E-state index is -0.306. The van der Waals surface area contributed by atoms with E-state index in [0.717, 1.165) is 43.5 Å². The number of imide groups is 1. The molecule has 0 aromatic heterocycles. The second-order valence-electron chi connectivity index (χ2n) is 8.51. The van der Waals surface area contributed by atoms with Gasteiger partial charge < -0.3 is 0 Å². The molecule has 0 bridgehead atoms. The highest BCUT2D eigenvalue weighted by Gasteiger charge is 2.31. The Balaban J connectivity index is 1.42. The van der Waals surface area contributed by atoms with Crippen LogP contribution >= 0.6 is 0 Å². The molecule has 1 aliphatic heterocycles. The molecule has 1 atom stereocenters. The number of carbonyl (C=O) groups excluding carboxylic acids is 2. The minimum Gasteiger partial charge on any atom is -0.295 e. The summed E-state index contributed by atoms with van der Waals surface area (Å²) in [6, 6.07) is 23.2. The first-order valence-electron chi connectivity index (χ1n) is 11.0. The average molecular weight is 411 g/mol. The van der Waals surface area contributed by atoms with Crippen molar-refractivity contribution in [2.45, 2.75) is 38.8 Å². The molecule has 156 valence electrons. The van der Waals surface area contributed by atoms with E-state index < -0.39 is 0 Å². The zero-order chi connectivity index (χ0) is 21.4. The molecule has 4 nitrogen and oxygen atoms in total. The maximum Gasteiger partial charge on any atom is 0.259 e. The molecule has 0 saturated carbocycles. The van der Waals surface area contributed by atoms with E-state index in [1.54, 1.807) is 6.07 Å². The Morgan fingerprint density at radius 3 is 2.45 bits per heavy atom.